The molecule has 0 aromatic heterocycles. The van der Waals surface area contributed by atoms with E-state index >= 15 is 0 Å². The van der Waals surface area contributed by atoms with Crippen LogP contribution >= 0.6 is 0 Å². The Morgan fingerprint density at radius 2 is 2.33 bits per heavy atom. The fraction of sp³-hybridized carbons (Fsp3) is 0.526. The van der Waals surface area contributed by atoms with E-state index in [0.29, 0.717) is 25.8 Å². The van der Waals surface area contributed by atoms with Crippen molar-refractivity contribution in [2.75, 3.05) is 26.3 Å². The number of rotatable bonds is 6. The van der Waals surface area contributed by atoms with E-state index < -0.39 is 0 Å². The molecule has 2 heterocycles. The highest BCUT2D eigenvalue weighted by molar-refractivity contribution is 5.74. The monoisotopic (exact) mass is 330 g/mol. The van der Waals surface area contributed by atoms with E-state index in [-0.39, 0.29) is 6.03 Å². The number of amides is 2. The van der Waals surface area contributed by atoms with E-state index in [1.165, 1.54) is 0 Å². The van der Waals surface area contributed by atoms with Crippen molar-refractivity contribution in [1.29, 1.82) is 0 Å². The van der Waals surface area contributed by atoms with Gasteiger partial charge in [0.25, 0.3) is 0 Å². The van der Waals surface area contributed by atoms with Gasteiger partial charge in [0.15, 0.2) is 0 Å². The van der Waals surface area contributed by atoms with Gasteiger partial charge in [-0.25, -0.2) is 4.79 Å². The van der Waals surface area contributed by atoms with Gasteiger partial charge in [0.2, 0.25) is 0 Å². The van der Waals surface area contributed by atoms with Crippen molar-refractivity contribution < 1.29 is 14.3 Å². The maximum Gasteiger partial charge on any atom is 0.317 e. The Morgan fingerprint density at radius 1 is 1.38 bits per heavy atom. The summed E-state index contributed by atoms with van der Waals surface area (Å²) in [5.41, 5.74) is 1.05. The Bertz CT molecular complexity index is 567. The standard InChI is InChI=1S/C19H26N2O3/c22-19(21-10-2-1-3-11-21)20-15-16-6-4-7-18(14-16)24-13-9-17-8-5-12-23-17/h1-2,4,6-7,14,17H,3,5,8-13,15H2,(H,20,22). The van der Waals surface area contributed by atoms with Gasteiger partial charge in [0.05, 0.1) is 12.7 Å². The van der Waals surface area contributed by atoms with Crippen LogP contribution in [0, 0.1) is 0 Å². The number of hydrogen-bond acceptors (Lipinski definition) is 3. The SMILES string of the molecule is O=C(NCc1cccc(OCCC2CCCO2)c1)N1CC=CCC1. The Balaban J connectivity index is 1.42. The van der Waals surface area contributed by atoms with Gasteiger partial charge in [-0.15, -0.1) is 0 Å². The third-order valence-electron chi connectivity index (χ3n) is 4.42. The molecule has 5 nitrogen and oxygen atoms in total. The van der Waals surface area contributed by atoms with Gasteiger partial charge in [-0.05, 0) is 37.0 Å². The molecule has 1 unspecified atom stereocenters. The molecular formula is C19H26N2O3. The largest absolute Gasteiger partial charge is 0.493 e. The van der Waals surface area contributed by atoms with Crippen molar-refractivity contribution in [3.05, 3.63) is 42.0 Å². The van der Waals surface area contributed by atoms with Crippen LogP contribution in [0.15, 0.2) is 36.4 Å². The molecule has 24 heavy (non-hydrogen) atoms. The number of hydrogen-bond donors (Lipinski definition) is 1. The predicted molar refractivity (Wildman–Crippen MR) is 93.1 cm³/mol. The first-order valence-corrected chi connectivity index (χ1v) is 8.82. The van der Waals surface area contributed by atoms with Crippen LogP contribution in [-0.4, -0.2) is 43.3 Å². The first-order valence-electron chi connectivity index (χ1n) is 8.82. The van der Waals surface area contributed by atoms with Crippen molar-refractivity contribution in [3.8, 4) is 5.75 Å². The lowest BCUT2D eigenvalue weighted by atomic mass is 10.2. The molecule has 1 fully saturated rings. The maximum atomic E-state index is 12.1. The summed E-state index contributed by atoms with van der Waals surface area (Å²) in [6, 6.07) is 7.90. The Labute approximate surface area is 143 Å². The van der Waals surface area contributed by atoms with Crippen LogP contribution in [0.1, 0.15) is 31.2 Å². The van der Waals surface area contributed by atoms with Crippen LogP contribution in [0.4, 0.5) is 4.79 Å². The summed E-state index contributed by atoms with van der Waals surface area (Å²) < 4.78 is 11.4. The molecule has 2 amide bonds. The first kappa shape index (κ1) is 16.8. The topological polar surface area (TPSA) is 50.8 Å². The van der Waals surface area contributed by atoms with Crippen molar-refractivity contribution in [3.63, 3.8) is 0 Å². The van der Waals surface area contributed by atoms with Gasteiger partial charge in [-0.3, -0.25) is 0 Å². The lowest BCUT2D eigenvalue weighted by Gasteiger charge is -2.23. The number of carbonyl (C=O) groups is 1. The molecule has 2 aliphatic rings. The van der Waals surface area contributed by atoms with E-state index in [0.717, 1.165) is 50.1 Å². The fourth-order valence-corrected chi connectivity index (χ4v) is 3.04. The van der Waals surface area contributed by atoms with Gasteiger partial charge in [0.1, 0.15) is 5.75 Å². The van der Waals surface area contributed by atoms with Crippen LogP contribution in [0.25, 0.3) is 0 Å². The molecule has 130 valence electrons. The highest BCUT2D eigenvalue weighted by Gasteiger charge is 2.15. The second-order valence-corrected chi connectivity index (χ2v) is 6.28. The summed E-state index contributed by atoms with van der Waals surface area (Å²) in [5, 5.41) is 2.97. The Morgan fingerprint density at radius 3 is 3.12 bits per heavy atom. The second-order valence-electron chi connectivity index (χ2n) is 6.28. The Kier molecular flexibility index (Phi) is 6.13. The number of urea groups is 1. The normalized spacial score (nSPS) is 20.2. The number of nitrogens with zero attached hydrogens (tertiary/aromatic N) is 1. The lowest BCUT2D eigenvalue weighted by molar-refractivity contribution is 0.0903. The lowest BCUT2D eigenvalue weighted by Crippen LogP contribution is -2.41. The van der Waals surface area contributed by atoms with Gasteiger partial charge in [-0.1, -0.05) is 24.3 Å². The van der Waals surface area contributed by atoms with Crippen molar-refractivity contribution in [2.24, 2.45) is 0 Å². The summed E-state index contributed by atoms with van der Waals surface area (Å²) in [5.74, 6) is 0.848. The third-order valence-corrected chi connectivity index (χ3v) is 4.42. The van der Waals surface area contributed by atoms with Crippen molar-refractivity contribution >= 4 is 6.03 Å². The van der Waals surface area contributed by atoms with Gasteiger partial charge < -0.3 is 19.7 Å². The summed E-state index contributed by atoms with van der Waals surface area (Å²) >= 11 is 0. The average Bonchev–Trinajstić information content (AvgIpc) is 3.14. The Hall–Kier alpha value is -2.01. The summed E-state index contributed by atoms with van der Waals surface area (Å²) in [7, 11) is 0. The van der Waals surface area contributed by atoms with Crippen molar-refractivity contribution in [2.45, 2.75) is 38.3 Å². The second kappa shape index (κ2) is 8.73. The van der Waals surface area contributed by atoms with Gasteiger partial charge in [0, 0.05) is 32.7 Å². The summed E-state index contributed by atoms with van der Waals surface area (Å²) in [4.78, 5) is 13.9. The molecule has 5 heteroatoms. The van der Waals surface area contributed by atoms with Crippen LogP contribution in [0.2, 0.25) is 0 Å². The molecule has 0 saturated carbocycles. The van der Waals surface area contributed by atoms with E-state index in [1.807, 2.05) is 35.2 Å². The summed E-state index contributed by atoms with van der Waals surface area (Å²) in [6.45, 7) is 3.54. The minimum Gasteiger partial charge on any atom is -0.493 e. The van der Waals surface area contributed by atoms with Gasteiger partial charge in [-0.2, -0.15) is 0 Å². The molecule has 1 N–H and O–H groups in total. The highest BCUT2D eigenvalue weighted by Crippen LogP contribution is 2.17. The smallest absolute Gasteiger partial charge is 0.317 e. The minimum atomic E-state index is -0.0101. The van der Waals surface area contributed by atoms with E-state index in [4.69, 9.17) is 9.47 Å². The molecule has 1 aromatic carbocycles. The minimum absolute atomic E-state index is 0.0101. The van der Waals surface area contributed by atoms with E-state index in [1.54, 1.807) is 0 Å². The van der Waals surface area contributed by atoms with Gasteiger partial charge >= 0.3 is 6.03 Å². The van der Waals surface area contributed by atoms with Crippen LogP contribution in [0.3, 0.4) is 0 Å². The summed E-state index contributed by atoms with van der Waals surface area (Å²) in [6.07, 6.45) is 8.66. The predicted octanol–water partition coefficient (Wildman–Crippen LogP) is 3.11. The zero-order chi connectivity index (χ0) is 16.6. The molecule has 0 bridgehead atoms. The number of carbonyl (C=O) groups excluding carboxylic acids is 1. The molecule has 0 spiro atoms. The van der Waals surface area contributed by atoms with E-state index in [2.05, 4.69) is 11.4 Å². The maximum absolute atomic E-state index is 12.1. The molecule has 1 saturated heterocycles. The molecule has 0 radical (unpaired) electrons. The number of nitrogens with one attached hydrogen (secondary N) is 1. The first-order chi connectivity index (χ1) is 11.8. The van der Waals surface area contributed by atoms with Crippen LogP contribution in [0.5, 0.6) is 5.75 Å². The zero-order valence-corrected chi connectivity index (χ0v) is 14.1. The molecule has 1 atom stereocenters. The van der Waals surface area contributed by atoms with Crippen LogP contribution in [-0.2, 0) is 11.3 Å². The average molecular weight is 330 g/mol. The highest BCUT2D eigenvalue weighted by atomic mass is 16.5. The molecule has 1 aromatic rings. The zero-order valence-electron chi connectivity index (χ0n) is 14.1. The van der Waals surface area contributed by atoms with Crippen LogP contribution < -0.4 is 10.1 Å². The quantitative estimate of drug-likeness (QED) is 0.816. The third kappa shape index (κ3) is 4.99. The molecule has 3 rings (SSSR count). The number of benzene rings is 1. The molecule has 0 aliphatic carbocycles. The van der Waals surface area contributed by atoms with Crippen molar-refractivity contribution in [1.82, 2.24) is 10.2 Å². The molecular weight excluding hydrogens is 304 g/mol. The van der Waals surface area contributed by atoms with E-state index in [9.17, 15) is 4.79 Å². The molecule has 2 aliphatic heterocycles. The number of ether oxygens (including phenoxy) is 2. The fourth-order valence-electron chi connectivity index (χ4n) is 3.04.